The van der Waals surface area contributed by atoms with Crippen molar-refractivity contribution in [3.8, 4) is 11.3 Å². The summed E-state index contributed by atoms with van der Waals surface area (Å²) in [4.78, 5) is 3.62. The molecule has 0 fully saturated rings. The molecule has 0 radical (unpaired) electrons. The largest absolute Gasteiger partial charge is 0.358 e. The minimum absolute atomic E-state index is 1.01. The lowest BCUT2D eigenvalue weighted by Crippen LogP contribution is -2.22. The van der Waals surface area contributed by atoms with Gasteiger partial charge in [-0.3, -0.25) is 0 Å². The van der Waals surface area contributed by atoms with E-state index in [4.69, 9.17) is 0 Å². The third-order valence-corrected chi connectivity index (χ3v) is 4.52. The van der Waals surface area contributed by atoms with Crippen molar-refractivity contribution in [2.75, 3.05) is 6.54 Å². The average molecular weight is 252 g/mol. The third kappa shape index (κ3) is 2.00. The van der Waals surface area contributed by atoms with Gasteiger partial charge in [-0.15, -0.1) is 0 Å². The molecule has 2 heteroatoms. The molecule has 0 saturated carbocycles. The van der Waals surface area contributed by atoms with Crippen LogP contribution in [0.4, 0.5) is 0 Å². The minimum Gasteiger partial charge on any atom is -0.358 e. The van der Waals surface area contributed by atoms with E-state index >= 15 is 0 Å². The van der Waals surface area contributed by atoms with Gasteiger partial charge in [-0.1, -0.05) is 12.1 Å². The molecule has 4 rings (SSSR count). The van der Waals surface area contributed by atoms with Crippen LogP contribution in [0.1, 0.15) is 35.2 Å². The van der Waals surface area contributed by atoms with Gasteiger partial charge < -0.3 is 10.3 Å². The molecule has 0 atom stereocenters. The van der Waals surface area contributed by atoms with Crippen LogP contribution in [-0.4, -0.2) is 11.5 Å². The highest BCUT2D eigenvalue weighted by Gasteiger charge is 2.15. The molecule has 19 heavy (non-hydrogen) atoms. The molecular formula is C17H20N2. The molecule has 0 spiro atoms. The van der Waals surface area contributed by atoms with Gasteiger partial charge in [0.2, 0.25) is 0 Å². The summed E-state index contributed by atoms with van der Waals surface area (Å²) in [5.74, 6) is 0. The van der Waals surface area contributed by atoms with Crippen molar-refractivity contribution in [1.82, 2.24) is 10.3 Å². The Bertz CT molecular complexity index is 586. The van der Waals surface area contributed by atoms with Crippen LogP contribution >= 0.6 is 0 Å². The van der Waals surface area contributed by atoms with E-state index in [1.54, 1.807) is 11.1 Å². The van der Waals surface area contributed by atoms with E-state index < -0.39 is 0 Å². The van der Waals surface area contributed by atoms with Gasteiger partial charge in [0.15, 0.2) is 0 Å². The monoisotopic (exact) mass is 252 g/mol. The second kappa shape index (κ2) is 4.53. The Hall–Kier alpha value is -1.54. The molecule has 0 bridgehead atoms. The Labute approximate surface area is 114 Å². The third-order valence-electron chi connectivity index (χ3n) is 4.52. The Morgan fingerprint density at radius 2 is 1.74 bits per heavy atom. The Balaban J connectivity index is 1.73. The maximum atomic E-state index is 3.62. The predicted octanol–water partition coefficient (Wildman–Crippen LogP) is 3.21. The molecule has 1 aromatic carbocycles. The topological polar surface area (TPSA) is 27.8 Å². The van der Waals surface area contributed by atoms with Gasteiger partial charge in [0.25, 0.3) is 0 Å². The number of aromatic nitrogens is 1. The van der Waals surface area contributed by atoms with E-state index in [9.17, 15) is 0 Å². The number of hydrogen-bond donors (Lipinski definition) is 2. The number of benzene rings is 1. The summed E-state index contributed by atoms with van der Waals surface area (Å²) in [6, 6.07) is 9.35. The summed E-state index contributed by atoms with van der Waals surface area (Å²) in [7, 11) is 0. The zero-order valence-corrected chi connectivity index (χ0v) is 11.3. The van der Waals surface area contributed by atoms with E-state index in [0.717, 1.165) is 19.5 Å². The fourth-order valence-corrected chi connectivity index (χ4v) is 3.41. The molecule has 2 heterocycles. The molecule has 0 unspecified atom stereocenters. The fourth-order valence-electron chi connectivity index (χ4n) is 3.41. The van der Waals surface area contributed by atoms with Crippen molar-refractivity contribution >= 4 is 0 Å². The van der Waals surface area contributed by atoms with Crippen LogP contribution in [0.25, 0.3) is 11.3 Å². The molecule has 0 saturated heterocycles. The molecular weight excluding hydrogens is 232 g/mol. The number of aryl methyl sites for hydroxylation is 2. The fraction of sp³-hybridized carbons (Fsp3) is 0.412. The number of H-pyrrole nitrogens is 1. The molecule has 2 aromatic rings. The summed E-state index contributed by atoms with van der Waals surface area (Å²) < 4.78 is 0. The first-order valence-corrected chi connectivity index (χ1v) is 7.44. The average Bonchev–Trinajstić information content (AvgIpc) is 2.90. The first-order chi connectivity index (χ1) is 9.40. The Morgan fingerprint density at radius 1 is 0.842 bits per heavy atom. The van der Waals surface area contributed by atoms with Crippen LogP contribution in [0.15, 0.2) is 24.3 Å². The quantitative estimate of drug-likeness (QED) is 0.801. The SMILES string of the molecule is c1cc2c(cc1-c1cc3c([nH]1)CCNC3)CCCC2. The maximum absolute atomic E-state index is 3.62. The second-order valence-corrected chi connectivity index (χ2v) is 5.80. The zero-order chi connectivity index (χ0) is 12.7. The van der Waals surface area contributed by atoms with E-state index in [2.05, 4.69) is 34.6 Å². The summed E-state index contributed by atoms with van der Waals surface area (Å²) in [6.45, 7) is 2.11. The lowest BCUT2D eigenvalue weighted by atomic mass is 9.90. The second-order valence-electron chi connectivity index (χ2n) is 5.80. The molecule has 2 N–H and O–H groups in total. The molecule has 1 aliphatic carbocycles. The van der Waals surface area contributed by atoms with Crippen LogP contribution in [0.3, 0.4) is 0 Å². The molecule has 2 nitrogen and oxygen atoms in total. The molecule has 98 valence electrons. The first-order valence-electron chi connectivity index (χ1n) is 7.44. The van der Waals surface area contributed by atoms with Gasteiger partial charge in [0.05, 0.1) is 0 Å². The van der Waals surface area contributed by atoms with Gasteiger partial charge in [-0.25, -0.2) is 0 Å². The van der Waals surface area contributed by atoms with Crippen molar-refractivity contribution < 1.29 is 0 Å². The predicted molar refractivity (Wildman–Crippen MR) is 78.3 cm³/mol. The molecule has 1 aromatic heterocycles. The van der Waals surface area contributed by atoms with Crippen LogP contribution in [-0.2, 0) is 25.8 Å². The molecule has 1 aliphatic heterocycles. The first kappa shape index (κ1) is 11.3. The van der Waals surface area contributed by atoms with Gasteiger partial charge in [0.1, 0.15) is 0 Å². The van der Waals surface area contributed by atoms with E-state index in [-0.39, 0.29) is 0 Å². The number of aromatic amines is 1. The normalized spacial score (nSPS) is 17.9. The van der Waals surface area contributed by atoms with Crippen molar-refractivity contribution in [3.63, 3.8) is 0 Å². The summed E-state index contributed by atoms with van der Waals surface area (Å²) in [6.07, 6.45) is 6.35. The maximum Gasteiger partial charge on any atom is 0.0459 e. The van der Waals surface area contributed by atoms with Gasteiger partial charge in [-0.2, -0.15) is 0 Å². The van der Waals surface area contributed by atoms with Crippen LogP contribution in [0.2, 0.25) is 0 Å². The standard InChI is InChI=1S/C17H20N2/c1-2-4-13-9-14(6-5-12(13)3-1)17-10-15-11-18-8-7-16(15)19-17/h5-6,9-10,18-19H,1-4,7-8,11H2. The van der Waals surface area contributed by atoms with Crippen molar-refractivity contribution in [1.29, 1.82) is 0 Å². The molecule has 0 amide bonds. The summed E-state index contributed by atoms with van der Waals surface area (Å²) in [5.41, 5.74) is 8.64. The Kier molecular flexibility index (Phi) is 2.70. The number of fused-ring (bicyclic) bond motifs is 2. The smallest absolute Gasteiger partial charge is 0.0459 e. The lowest BCUT2D eigenvalue weighted by Gasteiger charge is -2.16. The highest BCUT2D eigenvalue weighted by molar-refractivity contribution is 5.63. The highest BCUT2D eigenvalue weighted by atomic mass is 14.9. The number of hydrogen-bond acceptors (Lipinski definition) is 1. The van der Waals surface area contributed by atoms with Gasteiger partial charge in [-0.05, 0) is 60.1 Å². The van der Waals surface area contributed by atoms with E-state index in [0.29, 0.717) is 0 Å². The Morgan fingerprint density at radius 3 is 2.63 bits per heavy atom. The zero-order valence-electron chi connectivity index (χ0n) is 11.3. The van der Waals surface area contributed by atoms with Crippen molar-refractivity contribution in [2.24, 2.45) is 0 Å². The van der Waals surface area contributed by atoms with Crippen LogP contribution in [0.5, 0.6) is 0 Å². The molecule has 2 aliphatic rings. The van der Waals surface area contributed by atoms with E-state index in [1.807, 2.05) is 0 Å². The summed E-state index contributed by atoms with van der Waals surface area (Å²) in [5, 5.41) is 3.44. The highest BCUT2D eigenvalue weighted by Crippen LogP contribution is 2.29. The minimum atomic E-state index is 1.01. The summed E-state index contributed by atoms with van der Waals surface area (Å²) >= 11 is 0. The van der Waals surface area contributed by atoms with Gasteiger partial charge in [0, 0.05) is 30.9 Å². The van der Waals surface area contributed by atoms with E-state index in [1.165, 1.54) is 48.2 Å². The van der Waals surface area contributed by atoms with Crippen molar-refractivity contribution in [3.05, 3.63) is 46.6 Å². The number of rotatable bonds is 1. The number of nitrogens with one attached hydrogen (secondary N) is 2. The lowest BCUT2D eigenvalue weighted by molar-refractivity contribution is 0.638. The van der Waals surface area contributed by atoms with Crippen molar-refractivity contribution in [2.45, 2.75) is 38.6 Å². The van der Waals surface area contributed by atoms with Crippen LogP contribution < -0.4 is 5.32 Å². The van der Waals surface area contributed by atoms with Crippen LogP contribution in [0, 0.1) is 0 Å². The van der Waals surface area contributed by atoms with Gasteiger partial charge >= 0.3 is 0 Å².